The maximum atomic E-state index is 12.9. The van der Waals surface area contributed by atoms with E-state index in [1.807, 2.05) is 4.72 Å². The van der Waals surface area contributed by atoms with Crippen LogP contribution in [0.15, 0.2) is 29.2 Å². The van der Waals surface area contributed by atoms with Crippen LogP contribution in [0.25, 0.3) is 0 Å². The van der Waals surface area contributed by atoms with Crippen LogP contribution < -0.4 is 4.72 Å². The summed E-state index contributed by atoms with van der Waals surface area (Å²) >= 11 is 0. The van der Waals surface area contributed by atoms with Gasteiger partial charge in [0.2, 0.25) is 5.91 Å². The zero-order valence-electron chi connectivity index (χ0n) is 25.4. The van der Waals surface area contributed by atoms with Crippen molar-refractivity contribution in [3.8, 4) is 0 Å². The van der Waals surface area contributed by atoms with Crippen LogP contribution in [-0.2, 0) is 21.0 Å². The van der Waals surface area contributed by atoms with Gasteiger partial charge in [-0.25, -0.2) is 13.1 Å². The molecule has 0 saturated heterocycles. The molecule has 1 amide bonds. The van der Waals surface area contributed by atoms with E-state index in [9.17, 15) is 31.5 Å². The van der Waals surface area contributed by atoms with E-state index in [0.29, 0.717) is 41.7 Å². The third-order valence-electron chi connectivity index (χ3n) is 12.6. The number of aliphatic hydroxyl groups excluding tert-OH is 1. The molecule has 0 aromatic heterocycles. The number of hydrogen-bond acceptors (Lipinski definition) is 4. The number of carbonyl (C=O) groups is 1. The maximum absolute atomic E-state index is 12.9. The minimum Gasteiger partial charge on any atom is -0.393 e. The topological polar surface area (TPSA) is 83.5 Å². The molecule has 4 saturated carbocycles. The second-order valence-electron chi connectivity index (χ2n) is 14.6. The van der Waals surface area contributed by atoms with Crippen molar-refractivity contribution in [1.82, 2.24) is 4.72 Å². The molecule has 0 spiro atoms. The fraction of sp³-hybridized carbons (Fsp3) is 0.788. The van der Waals surface area contributed by atoms with Crippen molar-refractivity contribution in [2.24, 2.45) is 52.3 Å². The Bertz CT molecular complexity index is 1250. The first-order valence-electron chi connectivity index (χ1n) is 16.0. The van der Waals surface area contributed by atoms with Gasteiger partial charge in [0, 0.05) is 6.42 Å². The number of aliphatic hydroxyl groups is 1. The van der Waals surface area contributed by atoms with Gasteiger partial charge < -0.3 is 5.11 Å². The lowest BCUT2D eigenvalue weighted by molar-refractivity contribution is -0.139. The van der Waals surface area contributed by atoms with Crippen molar-refractivity contribution >= 4 is 15.9 Å². The maximum Gasteiger partial charge on any atom is 0.416 e. The Labute approximate surface area is 249 Å². The smallest absolute Gasteiger partial charge is 0.393 e. The van der Waals surface area contributed by atoms with Crippen molar-refractivity contribution in [3.05, 3.63) is 29.8 Å². The van der Waals surface area contributed by atoms with Crippen LogP contribution in [0.1, 0.15) is 104 Å². The Hall–Kier alpha value is -1.61. The summed E-state index contributed by atoms with van der Waals surface area (Å²) in [6.45, 7) is 9.34. The molecule has 0 bridgehead atoms. The number of benzene rings is 1. The number of nitrogens with one attached hydrogen (secondary N) is 1. The van der Waals surface area contributed by atoms with Crippen molar-refractivity contribution in [3.63, 3.8) is 0 Å². The van der Waals surface area contributed by atoms with Gasteiger partial charge in [-0.2, -0.15) is 13.2 Å². The molecular weight excluding hydrogens is 563 g/mol. The van der Waals surface area contributed by atoms with Gasteiger partial charge in [-0.1, -0.05) is 47.0 Å². The van der Waals surface area contributed by atoms with E-state index in [1.54, 1.807) is 0 Å². The number of halogens is 3. The number of alkyl halides is 3. The molecule has 10 atom stereocenters. The van der Waals surface area contributed by atoms with Gasteiger partial charge >= 0.3 is 6.18 Å². The van der Waals surface area contributed by atoms with Crippen molar-refractivity contribution in [2.75, 3.05) is 0 Å². The molecule has 1 aromatic rings. The number of amides is 1. The van der Waals surface area contributed by atoms with E-state index in [-0.39, 0.29) is 28.6 Å². The molecule has 5 nitrogen and oxygen atoms in total. The lowest BCUT2D eigenvalue weighted by Crippen LogP contribution is -2.55. The monoisotopic (exact) mass is 611 g/mol. The molecule has 4 aliphatic carbocycles. The molecule has 4 fully saturated rings. The fourth-order valence-electron chi connectivity index (χ4n) is 10.7. The number of carbonyl (C=O) groups excluding carboxylic acids is 1. The van der Waals surface area contributed by atoms with Gasteiger partial charge in [0.15, 0.2) is 0 Å². The Morgan fingerprint density at radius 2 is 1.71 bits per heavy atom. The largest absolute Gasteiger partial charge is 0.416 e. The van der Waals surface area contributed by atoms with Crippen LogP contribution in [0.2, 0.25) is 0 Å². The highest BCUT2D eigenvalue weighted by atomic mass is 32.2. The highest BCUT2D eigenvalue weighted by Gasteiger charge is 2.63. The molecule has 0 heterocycles. The average Bonchev–Trinajstić information content (AvgIpc) is 3.20. The third kappa shape index (κ3) is 5.54. The van der Waals surface area contributed by atoms with Crippen LogP contribution in [0.5, 0.6) is 0 Å². The highest BCUT2D eigenvalue weighted by Crippen LogP contribution is 2.69. The van der Waals surface area contributed by atoms with Gasteiger partial charge in [-0.3, -0.25) is 4.79 Å². The average molecular weight is 612 g/mol. The minimum atomic E-state index is -4.58. The van der Waals surface area contributed by atoms with Gasteiger partial charge in [-0.15, -0.1) is 0 Å². The molecule has 4 aliphatic rings. The lowest BCUT2D eigenvalue weighted by Gasteiger charge is -2.63. The van der Waals surface area contributed by atoms with E-state index in [4.69, 9.17) is 0 Å². The van der Waals surface area contributed by atoms with Crippen LogP contribution in [0.4, 0.5) is 13.2 Å². The van der Waals surface area contributed by atoms with Gasteiger partial charge in [0.25, 0.3) is 10.0 Å². The fourth-order valence-corrected chi connectivity index (χ4v) is 11.7. The lowest BCUT2D eigenvalue weighted by atomic mass is 9.42. The van der Waals surface area contributed by atoms with Crippen LogP contribution in [-0.4, -0.2) is 25.5 Å². The summed E-state index contributed by atoms with van der Waals surface area (Å²) in [5.74, 6) is 2.75. The van der Waals surface area contributed by atoms with Gasteiger partial charge in [0.05, 0.1) is 16.6 Å². The van der Waals surface area contributed by atoms with Crippen molar-refractivity contribution in [2.45, 2.75) is 115 Å². The highest BCUT2D eigenvalue weighted by molar-refractivity contribution is 7.90. The van der Waals surface area contributed by atoms with E-state index in [1.165, 1.54) is 44.9 Å². The van der Waals surface area contributed by atoms with Crippen molar-refractivity contribution in [1.29, 1.82) is 0 Å². The summed E-state index contributed by atoms with van der Waals surface area (Å²) in [7, 11) is -4.28. The molecule has 5 rings (SSSR count). The Morgan fingerprint density at radius 3 is 2.36 bits per heavy atom. The molecule has 3 unspecified atom stereocenters. The number of fused-ring (bicyclic) bond motifs is 5. The number of rotatable bonds is 7. The molecule has 236 valence electrons. The van der Waals surface area contributed by atoms with E-state index < -0.39 is 33.8 Å². The molecule has 1 aromatic carbocycles. The van der Waals surface area contributed by atoms with Gasteiger partial charge in [0.1, 0.15) is 0 Å². The Balaban J connectivity index is 1.24. The first kappa shape index (κ1) is 31.8. The Morgan fingerprint density at radius 1 is 1.02 bits per heavy atom. The predicted octanol–water partition coefficient (Wildman–Crippen LogP) is 7.58. The minimum absolute atomic E-state index is 0.0149. The van der Waals surface area contributed by atoms with Crippen LogP contribution in [0, 0.1) is 52.3 Å². The molecular formula is C33H48F3NO4S. The summed E-state index contributed by atoms with van der Waals surface area (Å²) in [6, 6.07) is 3.10. The standard InChI is InChI=1S/C33H48F3NO4S/c1-5-21-18-24-26(31(3)16-7-6-8-25(21)31)15-17-32(4)27(24)19-28(38)30(32)20(2)9-14-29(39)37-42(40,41)23-12-10-22(11-13-23)33(34,35)36/h10-13,20-21,24-28,30,38H,5-9,14-19H2,1-4H3,(H,37,39)/t20-,21+,24?,25+,26?,27?,28+,30+,31+,32+/m1/s1. The molecule has 9 heteroatoms. The first-order chi connectivity index (χ1) is 19.6. The summed E-state index contributed by atoms with van der Waals surface area (Å²) in [5.41, 5.74) is -0.573. The summed E-state index contributed by atoms with van der Waals surface area (Å²) < 4.78 is 65.9. The summed E-state index contributed by atoms with van der Waals surface area (Å²) in [4.78, 5) is 12.3. The molecule has 0 radical (unpaired) electrons. The van der Waals surface area contributed by atoms with E-state index >= 15 is 0 Å². The summed E-state index contributed by atoms with van der Waals surface area (Å²) in [6.07, 6.45) is 6.32. The molecule has 0 aliphatic heterocycles. The Kier molecular flexibility index (Phi) is 8.63. The second-order valence-corrected chi connectivity index (χ2v) is 16.3. The summed E-state index contributed by atoms with van der Waals surface area (Å²) in [5, 5.41) is 11.5. The zero-order valence-corrected chi connectivity index (χ0v) is 26.2. The third-order valence-corrected chi connectivity index (χ3v) is 14.0. The SMILES string of the molecule is CC[C@H]1CC2C3C[C@H](O)[C@H]([C@H](C)CCC(=O)NS(=O)(=O)c4ccc(C(F)(F)F)cc4)[C@@]3(C)CCC2[C@@]2(C)CCCC[C@@H]12. The zero-order chi connectivity index (χ0) is 30.7. The van der Waals surface area contributed by atoms with Crippen molar-refractivity contribution < 1.29 is 31.5 Å². The van der Waals surface area contributed by atoms with Gasteiger partial charge in [-0.05, 0) is 121 Å². The van der Waals surface area contributed by atoms with Crippen LogP contribution >= 0.6 is 0 Å². The van der Waals surface area contributed by atoms with E-state index in [2.05, 4.69) is 27.7 Å². The van der Waals surface area contributed by atoms with E-state index in [0.717, 1.165) is 36.8 Å². The second kappa shape index (κ2) is 11.4. The first-order valence-corrected chi connectivity index (χ1v) is 17.5. The normalized spacial score (nSPS) is 39.1. The quantitative estimate of drug-likeness (QED) is 0.333. The predicted molar refractivity (Wildman–Crippen MR) is 156 cm³/mol. The molecule has 2 N–H and O–H groups in total. The number of hydrogen-bond donors (Lipinski definition) is 2. The molecule has 42 heavy (non-hydrogen) atoms. The van der Waals surface area contributed by atoms with Crippen LogP contribution in [0.3, 0.4) is 0 Å². The number of sulfonamides is 1.